The van der Waals surface area contributed by atoms with Gasteiger partial charge in [0.1, 0.15) is 0 Å². The molecule has 3 heteroatoms. The fraction of sp³-hybridized carbons (Fsp3) is 0.316. The lowest BCUT2D eigenvalue weighted by atomic mass is 9.97. The highest BCUT2D eigenvalue weighted by atomic mass is 79.9. The molecule has 0 saturated carbocycles. The molecule has 0 amide bonds. The molecule has 2 nitrogen and oxygen atoms in total. The van der Waals surface area contributed by atoms with E-state index in [1.807, 2.05) is 13.4 Å². The predicted octanol–water partition coefficient (Wildman–Crippen LogP) is 5.27. The lowest BCUT2D eigenvalue weighted by Crippen LogP contribution is -2.14. The molecule has 2 rings (SSSR count). The maximum atomic E-state index is 4.59. The summed E-state index contributed by atoms with van der Waals surface area (Å²) in [5.74, 6) is 0. The van der Waals surface area contributed by atoms with E-state index in [4.69, 9.17) is 0 Å². The predicted molar refractivity (Wildman–Crippen MR) is 99.3 cm³/mol. The fourth-order valence-corrected chi connectivity index (χ4v) is 2.52. The maximum Gasteiger partial charge on any atom is 0.0909 e. The Kier molecular flexibility index (Phi) is 5.78. The van der Waals surface area contributed by atoms with Crippen LogP contribution in [0.5, 0.6) is 0 Å². The molecule has 0 bridgehead atoms. The van der Waals surface area contributed by atoms with Crippen LogP contribution in [0.1, 0.15) is 29.2 Å². The van der Waals surface area contributed by atoms with Crippen LogP contribution in [0, 0.1) is 13.8 Å². The van der Waals surface area contributed by atoms with Crippen molar-refractivity contribution in [1.29, 1.82) is 0 Å². The summed E-state index contributed by atoms with van der Waals surface area (Å²) in [5, 5.41) is 0. The van der Waals surface area contributed by atoms with Crippen LogP contribution in [0.25, 0.3) is 0 Å². The van der Waals surface area contributed by atoms with E-state index < -0.39 is 0 Å². The minimum Gasteiger partial charge on any atom is -0.366 e. The van der Waals surface area contributed by atoms with Gasteiger partial charge in [-0.15, -0.1) is 0 Å². The Morgan fingerprint density at radius 1 is 1.09 bits per heavy atom. The van der Waals surface area contributed by atoms with Crippen LogP contribution in [0.4, 0.5) is 5.69 Å². The Hall–Kier alpha value is -1.61. The van der Waals surface area contributed by atoms with Crippen molar-refractivity contribution in [2.45, 2.75) is 27.2 Å². The molecule has 0 fully saturated rings. The third kappa shape index (κ3) is 4.44. The Morgan fingerprint density at radius 3 is 2.41 bits per heavy atom. The summed E-state index contributed by atoms with van der Waals surface area (Å²) in [6.07, 6.45) is 2.86. The molecule has 0 aliphatic rings. The van der Waals surface area contributed by atoms with Crippen LogP contribution < -0.4 is 0 Å². The minimum atomic E-state index is 0.957. The zero-order chi connectivity index (χ0) is 16.1. The van der Waals surface area contributed by atoms with E-state index in [1.54, 1.807) is 0 Å². The molecule has 0 aliphatic carbocycles. The van der Waals surface area contributed by atoms with Gasteiger partial charge in [0.15, 0.2) is 0 Å². The number of aryl methyl sites for hydroxylation is 2. The summed E-state index contributed by atoms with van der Waals surface area (Å²) < 4.78 is 1.12. The van der Waals surface area contributed by atoms with Gasteiger partial charge < -0.3 is 4.90 Å². The van der Waals surface area contributed by atoms with Gasteiger partial charge in [-0.3, -0.25) is 0 Å². The van der Waals surface area contributed by atoms with Crippen molar-refractivity contribution in [1.82, 2.24) is 4.90 Å². The topological polar surface area (TPSA) is 15.6 Å². The summed E-state index contributed by atoms with van der Waals surface area (Å²) in [5.41, 5.74) is 6.26. The van der Waals surface area contributed by atoms with Gasteiger partial charge in [-0.25, -0.2) is 4.99 Å². The normalized spacial score (nSPS) is 11.1. The molecule has 0 aliphatic heterocycles. The lowest BCUT2D eigenvalue weighted by molar-refractivity contribution is 0.552. The van der Waals surface area contributed by atoms with Crippen molar-refractivity contribution in [3.8, 4) is 0 Å². The van der Waals surface area contributed by atoms with Gasteiger partial charge in [-0.1, -0.05) is 34.1 Å². The van der Waals surface area contributed by atoms with Crippen molar-refractivity contribution in [3.05, 3.63) is 63.1 Å². The SMILES string of the molecule is CCN(C)C=Nc1cc(C)c(Cc2ccc(Br)cc2)cc1C. The number of halogens is 1. The molecule has 116 valence electrons. The van der Waals surface area contributed by atoms with E-state index in [0.717, 1.165) is 23.1 Å². The fourth-order valence-electron chi connectivity index (χ4n) is 2.25. The molecule has 22 heavy (non-hydrogen) atoms. The van der Waals surface area contributed by atoms with Crippen molar-refractivity contribution in [3.63, 3.8) is 0 Å². The van der Waals surface area contributed by atoms with E-state index in [-0.39, 0.29) is 0 Å². The first kappa shape index (κ1) is 16.8. The molecular formula is C19H23BrN2. The van der Waals surface area contributed by atoms with E-state index >= 15 is 0 Å². The van der Waals surface area contributed by atoms with Gasteiger partial charge in [0.05, 0.1) is 12.0 Å². The van der Waals surface area contributed by atoms with Crippen LogP contribution in [-0.4, -0.2) is 24.8 Å². The van der Waals surface area contributed by atoms with Crippen LogP contribution >= 0.6 is 15.9 Å². The average Bonchev–Trinajstić information content (AvgIpc) is 2.51. The Morgan fingerprint density at radius 2 is 1.77 bits per heavy atom. The highest BCUT2D eigenvalue weighted by Crippen LogP contribution is 2.25. The average molecular weight is 359 g/mol. The van der Waals surface area contributed by atoms with Gasteiger partial charge in [-0.2, -0.15) is 0 Å². The molecule has 0 radical (unpaired) electrons. The van der Waals surface area contributed by atoms with E-state index in [2.05, 4.69) is 83.0 Å². The first-order valence-corrected chi connectivity index (χ1v) is 8.38. The number of rotatable bonds is 5. The Bertz CT molecular complexity index is 660. The quantitative estimate of drug-likeness (QED) is 0.525. The van der Waals surface area contributed by atoms with Gasteiger partial charge in [0, 0.05) is 18.1 Å². The van der Waals surface area contributed by atoms with Crippen molar-refractivity contribution >= 4 is 28.0 Å². The van der Waals surface area contributed by atoms with Gasteiger partial charge in [-0.05, 0) is 67.6 Å². The van der Waals surface area contributed by atoms with E-state index in [1.165, 1.54) is 22.3 Å². The van der Waals surface area contributed by atoms with Crippen molar-refractivity contribution in [2.75, 3.05) is 13.6 Å². The monoisotopic (exact) mass is 358 g/mol. The molecule has 0 spiro atoms. The molecule has 0 atom stereocenters. The first-order valence-electron chi connectivity index (χ1n) is 7.58. The third-order valence-electron chi connectivity index (χ3n) is 3.86. The highest BCUT2D eigenvalue weighted by molar-refractivity contribution is 9.10. The Balaban J connectivity index is 2.22. The Labute approximate surface area is 142 Å². The van der Waals surface area contributed by atoms with Gasteiger partial charge >= 0.3 is 0 Å². The second kappa shape index (κ2) is 7.59. The second-order valence-corrected chi connectivity index (χ2v) is 6.60. The smallest absolute Gasteiger partial charge is 0.0909 e. The maximum absolute atomic E-state index is 4.59. The van der Waals surface area contributed by atoms with Crippen LogP contribution in [-0.2, 0) is 6.42 Å². The van der Waals surface area contributed by atoms with E-state index in [9.17, 15) is 0 Å². The van der Waals surface area contributed by atoms with Crippen molar-refractivity contribution in [2.24, 2.45) is 4.99 Å². The molecule has 2 aromatic carbocycles. The van der Waals surface area contributed by atoms with Crippen LogP contribution in [0.3, 0.4) is 0 Å². The zero-order valence-electron chi connectivity index (χ0n) is 13.7. The summed E-state index contributed by atoms with van der Waals surface area (Å²) in [6.45, 7) is 7.37. The summed E-state index contributed by atoms with van der Waals surface area (Å²) in [6, 6.07) is 13.0. The summed E-state index contributed by atoms with van der Waals surface area (Å²) >= 11 is 3.48. The molecular weight excluding hydrogens is 336 g/mol. The van der Waals surface area contributed by atoms with Crippen LogP contribution in [0.15, 0.2) is 45.9 Å². The molecule has 0 aromatic heterocycles. The first-order chi connectivity index (χ1) is 10.5. The number of aliphatic imine (C=N–C) groups is 1. The number of benzene rings is 2. The molecule has 0 saturated heterocycles. The lowest BCUT2D eigenvalue weighted by Gasteiger charge is -2.12. The second-order valence-electron chi connectivity index (χ2n) is 5.69. The highest BCUT2D eigenvalue weighted by Gasteiger charge is 2.05. The van der Waals surface area contributed by atoms with Gasteiger partial charge in [0.25, 0.3) is 0 Å². The molecule has 2 aromatic rings. The van der Waals surface area contributed by atoms with Crippen molar-refractivity contribution < 1.29 is 0 Å². The number of hydrogen-bond acceptors (Lipinski definition) is 1. The number of hydrogen-bond donors (Lipinski definition) is 0. The largest absolute Gasteiger partial charge is 0.366 e. The summed E-state index contributed by atoms with van der Waals surface area (Å²) in [7, 11) is 2.04. The number of nitrogens with zero attached hydrogens (tertiary/aromatic N) is 2. The minimum absolute atomic E-state index is 0.957. The summed E-state index contributed by atoms with van der Waals surface area (Å²) in [4.78, 5) is 6.67. The van der Waals surface area contributed by atoms with E-state index in [0.29, 0.717) is 0 Å². The molecule has 0 N–H and O–H groups in total. The van der Waals surface area contributed by atoms with Crippen LogP contribution in [0.2, 0.25) is 0 Å². The standard InChI is InChI=1S/C19H23BrN2/c1-5-22(4)13-21-19-11-14(2)17(10-15(19)3)12-16-6-8-18(20)9-7-16/h6-11,13H,5,12H2,1-4H3. The molecule has 0 heterocycles. The molecule has 0 unspecified atom stereocenters. The van der Waals surface area contributed by atoms with Gasteiger partial charge in [0.2, 0.25) is 0 Å². The zero-order valence-corrected chi connectivity index (χ0v) is 15.3. The third-order valence-corrected chi connectivity index (χ3v) is 4.38.